The van der Waals surface area contributed by atoms with E-state index in [4.69, 9.17) is 5.26 Å². The molecule has 1 rings (SSSR count). The van der Waals surface area contributed by atoms with Gasteiger partial charge in [-0.3, -0.25) is 0 Å². The first-order chi connectivity index (χ1) is 5.66. The monoisotopic (exact) mass is 166 g/mol. The van der Waals surface area contributed by atoms with Crippen LogP contribution in [0.3, 0.4) is 0 Å². The van der Waals surface area contributed by atoms with Crippen LogP contribution in [0.2, 0.25) is 0 Å². The highest BCUT2D eigenvalue weighted by Gasteiger charge is 2.17. The van der Waals surface area contributed by atoms with E-state index < -0.39 is 4.92 Å². The summed E-state index contributed by atoms with van der Waals surface area (Å²) in [6.07, 6.45) is 1.29. The van der Waals surface area contributed by atoms with E-state index in [0.717, 1.165) is 0 Å². The second-order valence-corrected chi connectivity index (χ2v) is 2.20. The second-order valence-electron chi connectivity index (χ2n) is 2.20. The largest absolute Gasteiger partial charge is 0.358 e. The molecule has 62 valence electrons. The van der Waals surface area contributed by atoms with Crippen LogP contribution in [0.15, 0.2) is 6.33 Å². The molecule has 0 aliphatic rings. The molecule has 0 saturated carbocycles. The molecule has 6 heteroatoms. The van der Waals surface area contributed by atoms with E-state index in [1.165, 1.54) is 17.8 Å². The number of imidazole rings is 1. The van der Waals surface area contributed by atoms with Crippen molar-refractivity contribution in [1.82, 2.24) is 9.55 Å². The van der Waals surface area contributed by atoms with E-state index in [0.29, 0.717) is 5.69 Å². The highest BCUT2D eigenvalue weighted by atomic mass is 16.6. The lowest BCUT2D eigenvalue weighted by molar-refractivity contribution is -0.392. The number of rotatable bonds is 2. The van der Waals surface area contributed by atoms with Crippen LogP contribution in [0.25, 0.3) is 0 Å². The quantitative estimate of drug-likeness (QED) is 0.476. The van der Waals surface area contributed by atoms with Crippen molar-refractivity contribution in [1.29, 1.82) is 5.26 Å². The summed E-state index contributed by atoms with van der Waals surface area (Å²) in [5, 5.41) is 18.7. The molecule has 0 radical (unpaired) electrons. The van der Waals surface area contributed by atoms with E-state index in [1.807, 2.05) is 6.07 Å². The maximum absolute atomic E-state index is 10.4. The molecule has 12 heavy (non-hydrogen) atoms. The third kappa shape index (κ3) is 1.25. The van der Waals surface area contributed by atoms with E-state index in [2.05, 4.69) is 4.98 Å². The van der Waals surface area contributed by atoms with Gasteiger partial charge in [0.1, 0.15) is 11.8 Å². The molecule has 0 N–H and O–H groups in total. The van der Waals surface area contributed by atoms with E-state index in [9.17, 15) is 10.1 Å². The van der Waals surface area contributed by atoms with Crippen molar-refractivity contribution < 1.29 is 4.92 Å². The molecule has 0 spiro atoms. The summed E-state index contributed by atoms with van der Waals surface area (Å²) in [5.74, 6) is -0.114. The molecule has 0 amide bonds. The summed E-state index contributed by atoms with van der Waals surface area (Å²) in [4.78, 5) is 13.6. The number of nitrogens with zero attached hydrogens (tertiary/aromatic N) is 4. The number of aryl methyl sites for hydroxylation is 1. The summed E-state index contributed by atoms with van der Waals surface area (Å²) in [6.45, 7) is 1.49. The smallest absolute Gasteiger partial charge is 0.346 e. The first-order valence-corrected chi connectivity index (χ1v) is 3.20. The molecule has 0 aromatic carbocycles. The Kier molecular flexibility index (Phi) is 2.05. The summed E-state index contributed by atoms with van der Waals surface area (Å²) < 4.78 is 1.20. The minimum atomic E-state index is -0.542. The van der Waals surface area contributed by atoms with Gasteiger partial charge in [0.2, 0.25) is 0 Å². The van der Waals surface area contributed by atoms with Crippen LogP contribution in [-0.4, -0.2) is 14.5 Å². The fourth-order valence-electron chi connectivity index (χ4n) is 0.905. The Morgan fingerprint density at radius 2 is 2.58 bits per heavy atom. The number of hydrogen-bond acceptors (Lipinski definition) is 4. The van der Waals surface area contributed by atoms with Gasteiger partial charge in [-0.25, -0.2) is 4.98 Å². The Balaban J connectivity index is 3.14. The highest BCUT2D eigenvalue weighted by molar-refractivity contribution is 5.26. The number of aromatic nitrogens is 2. The molecule has 6 nitrogen and oxygen atoms in total. The number of hydrogen-bond donors (Lipinski definition) is 0. The maximum Gasteiger partial charge on any atom is 0.346 e. The van der Waals surface area contributed by atoms with Crippen LogP contribution in [0.5, 0.6) is 0 Å². The van der Waals surface area contributed by atoms with Gasteiger partial charge in [0, 0.05) is 0 Å². The van der Waals surface area contributed by atoms with Crippen molar-refractivity contribution >= 4 is 5.82 Å². The summed E-state index contributed by atoms with van der Waals surface area (Å²) in [7, 11) is 0. The van der Waals surface area contributed by atoms with Crippen LogP contribution >= 0.6 is 0 Å². The minimum Gasteiger partial charge on any atom is -0.358 e. The molecule has 0 atom stereocenters. The fraction of sp³-hybridized carbons (Fsp3) is 0.333. The third-order valence-corrected chi connectivity index (χ3v) is 1.40. The Labute approximate surface area is 68.2 Å². The van der Waals surface area contributed by atoms with Crippen LogP contribution in [0, 0.1) is 28.4 Å². The van der Waals surface area contributed by atoms with Gasteiger partial charge in [0.05, 0.1) is 0 Å². The van der Waals surface area contributed by atoms with Crippen LogP contribution < -0.4 is 0 Å². The topological polar surface area (TPSA) is 84.8 Å². The lowest BCUT2D eigenvalue weighted by Crippen LogP contribution is -2.01. The van der Waals surface area contributed by atoms with E-state index >= 15 is 0 Å². The zero-order valence-electron chi connectivity index (χ0n) is 6.39. The summed E-state index contributed by atoms with van der Waals surface area (Å²) in [5.41, 5.74) is 0.329. The lowest BCUT2D eigenvalue weighted by atomic mass is 10.5. The fourth-order valence-corrected chi connectivity index (χ4v) is 0.905. The van der Waals surface area contributed by atoms with Crippen molar-refractivity contribution in [3.8, 4) is 6.07 Å². The van der Waals surface area contributed by atoms with Gasteiger partial charge in [-0.1, -0.05) is 0 Å². The van der Waals surface area contributed by atoms with Gasteiger partial charge in [-0.15, -0.1) is 0 Å². The Hall–Kier alpha value is -1.90. The first-order valence-electron chi connectivity index (χ1n) is 3.20. The van der Waals surface area contributed by atoms with Crippen LogP contribution in [0.4, 0.5) is 5.82 Å². The Morgan fingerprint density at radius 1 is 1.92 bits per heavy atom. The van der Waals surface area contributed by atoms with Gasteiger partial charge in [0.25, 0.3) is 0 Å². The van der Waals surface area contributed by atoms with Crippen molar-refractivity contribution in [3.05, 3.63) is 22.1 Å². The Morgan fingerprint density at radius 3 is 3.08 bits per heavy atom. The van der Waals surface area contributed by atoms with Gasteiger partial charge >= 0.3 is 5.82 Å². The number of nitro groups is 1. The highest BCUT2D eigenvalue weighted by Crippen LogP contribution is 2.14. The second kappa shape index (κ2) is 3.00. The molecular weight excluding hydrogens is 160 g/mol. The molecule has 0 aliphatic heterocycles. The van der Waals surface area contributed by atoms with Gasteiger partial charge in [-0.2, -0.15) is 9.83 Å². The van der Waals surface area contributed by atoms with Crippen molar-refractivity contribution in [3.63, 3.8) is 0 Å². The zero-order chi connectivity index (χ0) is 9.14. The molecule has 0 unspecified atom stereocenters. The predicted octanol–water partition coefficient (Wildman–Crippen LogP) is 0.623. The molecule has 0 aliphatic carbocycles. The molecule has 1 heterocycles. The van der Waals surface area contributed by atoms with Crippen LogP contribution in [-0.2, 0) is 6.54 Å². The Bertz CT molecular complexity index is 349. The number of nitriles is 1. The van der Waals surface area contributed by atoms with Crippen molar-refractivity contribution in [2.24, 2.45) is 0 Å². The SMILES string of the molecule is Cc1ncn(CC#N)c1[N+](=O)[O-]. The first kappa shape index (κ1) is 8.20. The molecule has 1 aromatic heterocycles. The predicted molar refractivity (Wildman–Crippen MR) is 39.2 cm³/mol. The van der Waals surface area contributed by atoms with E-state index in [1.54, 1.807) is 0 Å². The normalized spacial score (nSPS) is 9.33. The van der Waals surface area contributed by atoms with Gasteiger partial charge in [0.15, 0.2) is 12.9 Å². The van der Waals surface area contributed by atoms with Crippen LogP contribution in [0.1, 0.15) is 5.69 Å². The standard InChI is InChI=1S/C6H6N4O2/c1-5-6(10(11)12)9(3-2-7)4-8-5/h4H,3H2,1H3. The average molecular weight is 166 g/mol. The van der Waals surface area contributed by atoms with Crippen molar-refractivity contribution in [2.45, 2.75) is 13.5 Å². The summed E-state index contributed by atoms with van der Waals surface area (Å²) in [6, 6.07) is 1.81. The molecule has 0 fully saturated rings. The average Bonchev–Trinajstić information content (AvgIpc) is 2.32. The van der Waals surface area contributed by atoms with Gasteiger partial charge < -0.3 is 10.1 Å². The molecule has 0 bridgehead atoms. The van der Waals surface area contributed by atoms with Gasteiger partial charge in [-0.05, 0) is 11.8 Å². The lowest BCUT2D eigenvalue weighted by Gasteiger charge is -1.95. The summed E-state index contributed by atoms with van der Waals surface area (Å²) >= 11 is 0. The molecular formula is C6H6N4O2. The van der Waals surface area contributed by atoms with E-state index in [-0.39, 0.29) is 12.4 Å². The third-order valence-electron chi connectivity index (χ3n) is 1.40. The maximum atomic E-state index is 10.4. The molecule has 1 aromatic rings. The van der Waals surface area contributed by atoms with Crippen molar-refractivity contribution in [2.75, 3.05) is 0 Å². The molecule has 0 saturated heterocycles. The minimum absolute atomic E-state index is 0.0445. The zero-order valence-corrected chi connectivity index (χ0v) is 6.39.